The maximum absolute atomic E-state index is 13.2. The predicted molar refractivity (Wildman–Crippen MR) is 122 cm³/mol. The first-order valence-corrected chi connectivity index (χ1v) is 13.6. The van der Waals surface area contributed by atoms with Crippen molar-refractivity contribution in [3.63, 3.8) is 0 Å². The van der Waals surface area contributed by atoms with Gasteiger partial charge in [0, 0.05) is 12.2 Å². The molecule has 1 fully saturated rings. The molecule has 2 aliphatic rings. The number of hydrogen-bond donors (Lipinski definition) is 3. The van der Waals surface area contributed by atoms with Crippen molar-refractivity contribution in [3.8, 4) is 0 Å². The van der Waals surface area contributed by atoms with Crippen molar-refractivity contribution in [2.45, 2.75) is 42.4 Å². The Labute approximate surface area is 190 Å². The number of urea groups is 1. The number of allylic oxidation sites excluding steroid dienone is 1. The maximum Gasteiger partial charge on any atom is 0.324 e. The summed E-state index contributed by atoms with van der Waals surface area (Å²) < 4.78 is 26.4. The van der Waals surface area contributed by atoms with Gasteiger partial charge in [0.25, 0.3) is 0 Å². The van der Waals surface area contributed by atoms with Gasteiger partial charge in [0.2, 0.25) is 10.0 Å². The third kappa shape index (κ3) is 7.54. The number of hydrogen-bond acceptors (Lipinski definition) is 7. The largest absolute Gasteiger partial charge is 0.481 e. The normalized spacial score (nSPS) is 19.1. The molecule has 1 saturated carbocycles. The summed E-state index contributed by atoms with van der Waals surface area (Å²) >= 11 is 2.38. The summed E-state index contributed by atoms with van der Waals surface area (Å²) in [4.78, 5) is 29.8. The number of carboxylic acids is 1. The van der Waals surface area contributed by atoms with Crippen molar-refractivity contribution in [1.29, 1.82) is 0 Å². The second kappa shape index (κ2) is 10.5. The predicted octanol–water partition coefficient (Wildman–Crippen LogP) is 3.11. The van der Waals surface area contributed by atoms with Gasteiger partial charge in [-0.2, -0.15) is 0 Å². The SMILES string of the molecule is CS(=O)(=O)NC1=CC(N(CC2CCCC2)C(=O)Nc2ncc(SCC(=O)O)s2)CC=C1. The number of amides is 2. The van der Waals surface area contributed by atoms with Gasteiger partial charge in [-0.05, 0) is 37.3 Å². The van der Waals surface area contributed by atoms with Gasteiger partial charge >= 0.3 is 12.0 Å². The van der Waals surface area contributed by atoms with E-state index in [1.165, 1.54) is 11.3 Å². The van der Waals surface area contributed by atoms with E-state index in [0.717, 1.165) is 43.7 Å². The molecule has 12 heteroatoms. The van der Waals surface area contributed by atoms with Gasteiger partial charge in [-0.1, -0.05) is 30.3 Å². The van der Waals surface area contributed by atoms with Crippen LogP contribution in [0.15, 0.2) is 34.3 Å². The number of aliphatic carboxylic acids is 1. The van der Waals surface area contributed by atoms with E-state index in [4.69, 9.17) is 5.11 Å². The van der Waals surface area contributed by atoms with Gasteiger partial charge in [-0.25, -0.2) is 18.2 Å². The number of carbonyl (C=O) groups excluding carboxylic acids is 1. The molecule has 31 heavy (non-hydrogen) atoms. The van der Waals surface area contributed by atoms with E-state index < -0.39 is 16.0 Å². The molecule has 0 radical (unpaired) electrons. The highest BCUT2D eigenvalue weighted by atomic mass is 32.2. The van der Waals surface area contributed by atoms with E-state index in [2.05, 4.69) is 15.0 Å². The number of nitrogens with zero attached hydrogens (tertiary/aromatic N) is 2. The van der Waals surface area contributed by atoms with Crippen LogP contribution in [0.1, 0.15) is 32.1 Å². The Morgan fingerprint density at radius 3 is 2.77 bits per heavy atom. The molecule has 0 saturated heterocycles. The summed E-state index contributed by atoms with van der Waals surface area (Å²) in [7, 11) is -3.41. The van der Waals surface area contributed by atoms with Gasteiger partial charge in [0.05, 0.1) is 28.5 Å². The highest BCUT2D eigenvalue weighted by Gasteiger charge is 2.28. The highest BCUT2D eigenvalue weighted by Crippen LogP contribution is 2.30. The monoisotopic (exact) mass is 486 g/mol. The minimum absolute atomic E-state index is 0.0707. The molecular formula is C19H26N4O5S3. The third-order valence-electron chi connectivity index (χ3n) is 4.98. The molecule has 1 heterocycles. The molecule has 1 atom stereocenters. The molecule has 2 amide bonds. The summed E-state index contributed by atoms with van der Waals surface area (Å²) in [6.45, 7) is 0.582. The first-order chi connectivity index (χ1) is 14.7. The average Bonchev–Trinajstić information content (AvgIpc) is 3.35. The first kappa shape index (κ1) is 23.6. The zero-order chi connectivity index (χ0) is 22.4. The van der Waals surface area contributed by atoms with Crippen molar-refractivity contribution in [2.24, 2.45) is 5.92 Å². The van der Waals surface area contributed by atoms with Crippen molar-refractivity contribution < 1.29 is 23.1 Å². The van der Waals surface area contributed by atoms with Gasteiger partial charge < -0.3 is 10.0 Å². The number of sulfonamides is 1. The molecule has 9 nitrogen and oxygen atoms in total. The Bertz CT molecular complexity index is 967. The lowest BCUT2D eigenvalue weighted by Gasteiger charge is -2.33. The molecule has 0 aliphatic heterocycles. The summed E-state index contributed by atoms with van der Waals surface area (Å²) in [6, 6.07) is -0.582. The smallest absolute Gasteiger partial charge is 0.324 e. The molecule has 3 N–H and O–H groups in total. The number of carboxylic acid groups (broad SMARTS) is 1. The number of aromatic nitrogens is 1. The van der Waals surface area contributed by atoms with Crippen molar-refractivity contribution in [3.05, 3.63) is 30.1 Å². The zero-order valence-electron chi connectivity index (χ0n) is 17.1. The van der Waals surface area contributed by atoms with Crippen LogP contribution < -0.4 is 10.0 Å². The second-order valence-corrected chi connectivity index (χ2v) is 11.7. The molecule has 1 aromatic heterocycles. The van der Waals surface area contributed by atoms with Crippen LogP contribution in [0.25, 0.3) is 0 Å². The number of nitrogens with one attached hydrogen (secondary N) is 2. The van der Waals surface area contributed by atoms with E-state index in [9.17, 15) is 18.0 Å². The quantitative estimate of drug-likeness (QED) is 0.457. The summed E-state index contributed by atoms with van der Waals surface area (Å²) in [5.41, 5.74) is 0.449. The summed E-state index contributed by atoms with van der Waals surface area (Å²) in [6.07, 6.45) is 13.0. The molecule has 0 bridgehead atoms. The minimum Gasteiger partial charge on any atom is -0.481 e. The summed E-state index contributed by atoms with van der Waals surface area (Å²) in [5, 5.41) is 12.0. The number of carbonyl (C=O) groups is 2. The molecular weight excluding hydrogens is 460 g/mol. The molecule has 170 valence electrons. The Kier molecular flexibility index (Phi) is 8.00. The van der Waals surface area contributed by atoms with Gasteiger partial charge in [0.1, 0.15) is 0 Å². The van der Waals surface area contributed by atoms with Gasteiger partial charge in [-0.15, -0.1) is 11.8 Å². The molecule has 1 aromatic rings. The number of rotatable bonds is 9. The lowest BCUT2D eigenvalue weighted by atomic mass is 10.0. The van der Waals surface area contributed by atoms with Crippen molar-refractivity contribution in [2.75, 3.05) is 23.9 Å². The highest BCUT2D eigenvalue weighted by molar-refractivity contribution is 8.01. The topological polar surface area (TPSA) is 129 Å². The van der Waals surface area contributed by atoms with Gasteiger partial charge in [0.15, 0.2) is 5.13 Å². The Morgan fingerprint density at radius 1 is 1.35 bits per heavy atom. The zero-order valence-corrected chi connectivity index (χ0v) is 19.6. The Morgan fingerprint density at radius 2 is 2.10 bits per heavy atom. The number of anilines is 1. The number of thiazole rings is 1. The van der Waals surface area contributed by atoms with E-state index in [-0.39, 0.29) is 17.8 Å². The van der Waals surface area contributed by atoms with Crippen LogP contribution in [0, 0.1) is 5.92 Å². The van der Waals surface area contributed by atoms with Crippen LogP contribution in [0.5, 0.6) is 0 Å². The van der Waals surface area contributed by atoms with Crippen LogP contribution in [-0.4, -0.2) is 60.0 Å². The lowest BCUT2D eigenvalue weighted by molar-refractivity contribution is -0.133. The van der Waals surface area contributed by atoms with E-state index in [0.29, 0.717) is 33.9 Å². The van der Waals surface area contributed by atoms with Crippen LogP contribution in [-0.2, 0) is 14.8 Å². The van der Waals surface area contributed by atoms with E-state index in [1.807, 2.05) is 6.08 Å². The van der Waals surface area contributed by atoms with E-state index >= 15 is 0 Å². The molecule has 1 unspecified atom stereocenters. The average molecular weight is 487 g/mol. The summed E-state index contributed by atoms with van der Waals surface area (Å²) in [5.74, 6) is -0.574. The van der Waals surface area contributed by atoms with Crippen LogP contribution >= 0.6 is 23.1 Å². The van der Waals surface area contributed by atoms with Gasteiger partial charge in [-0.3, -0.25) is 14.8 Å². The fraction of sp³-hybridized carbons (Fsp3) is 0.526. The number of thioether (sulfide) groups is 1. The molecule has 2 aliphatic carbocycles. The molecule has 0 aromatic carbocycles. The molecule has 0 spiro atoms. The Hall–Kier alpha value is -2.05. The van der Waals surface area contributed by atoms with Crippen LogP contribution in [0.2, 0.25) is 0 Å². The Balaban J connectivity index is 1.73. The van der Waals surface area contributed by atoms with Crippen molar-refractivity contribution >= 4 is 50.3 Å². The standard InChI is InChI=1S/C19H26N4O5S3/c1-31(27,28)22-14-7-4-8-15(9-14)23(11-13-5-2-3-6-13)19(26)21-18-20-10-17(30-18)29-12-16(24)25/h4,7,9-10,13,15,22H,2-3,5-6,8,11-12H2,1H3,(H,24,25)(H,20,21,26). The third-order valence-corrected chi connectivity index (χ3v) is 7.68. The maximum atomic E-state index is 13.2. The first-order valence-electron chi connectivity index (χ1n) is 9.94. The fourth-order valence-corrected chi connectivity index (χ4v) is 5.83. The second-order valence-electron chi connectivity index (χ2n) is 7.60. The molecule has 3 rings (SSSR count). The van der Waals surface area contributed by atoms with Crippen LogP contribution in [0.3, 0.4) is 0 Å². The lowest BCUT2D eigenvalue weighted by Crippen LogP contribution is -2.45. The fourth-order valence-electron chi connectivity index (χ4n) is 3.68. The van der Waals surface area contributed by atoms with Crippen LogP contribution in [0.4, 0.5) is 9.93 Å². The van der Waals surface area contributed by atoms with Crippen molar-refractivity contribution in [1.82, 2.24) is 14.6 Å². The minimum atomic E-state index is -3.41. The van der Waals surface area contributed by atoms with E-state index in [1.54, 1.807) is 23.2 Å².